The van der Waals surface area contributed by atoms with E-state index in [2.05, 4.69) is 16.0 Å². The van der Waals surface area contributed by atoms with Gasteiger partial charge in [-0.3, -0.25) is 5.32 Å². The van der Waals surface area contributed by atoms with Gasteiger partial charge in [-0.05, 0) is 25.0 Å². The Morgan fingerprint density at radius 3 is 2.46 bits per heavy atom. The van der Waals surface area contributed by atoms with Crippen molar-refractivity contribution in [3.8, 4) is 0 Å². The fraction of sp³-hybridized carbons (Fsp3) is 0.600. The van der Waals surface area contributed by atoms with E-state index in [9.17, 15) is 9.59 Å². The van der Waals surface area contributed by atoms with E-state index >= 15 is 0 Å². The van der Waals surface area contributed by atoms with Gasteiger partial charge in [-0.2, -0.15) is 0 Å². The Hall–Kier alpha value is -2.32. The Morgan fingerprint density at radius 2 is 1.68 bits per heavy atom. The van der Waals surface area contributed by atoms with Gasteiger partial charge in [0.05, 0.1) is 19.3 Å². The van der Waals surface area contributed by atoms with Crippen LogP contribution in [-0.2, 0) is 14.2 Å². The summed E-state index contributed by atoms with van der Waals surface area (Å²) in [4.78, 5) is 24.4. The van der Waals surface area contributed by atoms with E-state index in [0.717, 1.165) is 25.7 Å². The summed E-state index contributed by atoms with van der Waals surface area (Å²) in [5, 5.41) is 8.68. The largest absolute Gasteiger partial charge is 0.441 e. The molecule has 1 saturated carbocycles. The molecule has 4 rings (SSSR count). The number of carbonyl (C=O) groups is 2. The molecule has 2 saturated heterocycles. The first-order valence-electron chi connectivity index (χ1n) is 10.0. The molecule has 1 aromatic rings. The lowest BCUT2D eigenvalue weighted by Crippen LogP contribution is -2.51. The number of hydrogen-bond acceptors (Lipinski definition) is 5. The van der Waals surface area contributed by atoms with Gasteiger partial charge in [-0.25, -0.2) is 9.59 Å². The average Bonchev–Trinajstić information content (AvgIpc) is 3.27. The summed E-state index contributed by atoms with van der Waals surface area (Å²) in [6.07, 6.45) is 3.90. The number of ether oxygens (including phenoxy) is 3. The zero-order chi connectivity index (χ0) is 19.3. The van der Waals surface area contributed by atoms with Gasteiger partial charge < -0.3 is 24.8 Å². The first-order chi connectivity index (χ1) is 13.7. The van der Waals surface area contributed by atoms with Crippen LogP contribution in [0.25, 0.3) is 0 Å². The van der Waals surface area contributed by atoms with Crippen LogP contribution >= 0.6 is 0 Å². The third kappa shape index (κ3) is 4.56. The smallest absolute Gasteiger partial charge is 0.412 e. The van der Waals surface area contributed by atoms with Crippen molar-refractivity contribution in [1.29, 1.82) is 0 Å². The SMILES string of the molecule is O=C(NC1CCCCC1)N[C@H]1CO[C@H]2[C@@H]1OC[C@H]2OC(=O)Nc1ccccc1. The summed E-state index contributed by atoms with van der Waals surface area (Å²) < 4.78 is 17.0. The molecule has 1 aromatic carbocycles. The summed E-state index contributed by atoms with van der Waals surface area (Å²) in [6, 6.07) is 8.91. The first kappa shape index (κ1) is 19.0. The number of amides is 3. The van der Waals surface area contributed by atoms with Crippen molar-refractivity contribution in [2.24, 2.45) is 0 Å². The van der Waals surface area contributed by atoms with Crippen LogP contribution in [0.1, 0.15) is 32.1 Å². The number of carbonyl (C=O) groups excluding carboxylic acids is 2. The van der Waals surface area contributed by atoms with Crippen LogP contribution in [0.4, 0.5) is 15.3 Å². The molecule has 3 aliphatic rings. The second-order valence-corrected chi connectivity index (χ2v) is 7.59. The topological polar surface area (TPSA) is 97.9 Å². The maximum atomic E-state index is 12.3. The number of anilines is 1. The number of nitrogens with one attached hydrogen (secondary N) is 3. The maximum Gasteiger partial charge on any atom is 0.412 e. The molecule has 4 atom stereocenters. The molecule has 2 aliphatic heterocycles. The van der Waals surface area contributed by atoms with Gasteiger partial charge in [-0.15, -0.1) is 0 Å². The predicted octanol–water partition coefficient (Wildman–Crippen LogP) is 2.40. The molecule has 3 N–H and O–H groups in total. The van der Waals surface area contributed by atoms with E-state index in [1.54, 1.807) is 12.1 Å². The summed E-state index contributed by atoms with van der Waals surface area (Å²) >= 11 is 0. The van der Waals surface area contributed by atoms with E-state index in [1.807, 2.05) is 18.2 Å². The second kappa shape index (κ2) is 8.79. The average molecular weight is 389 g/mol. The highest BCUT2D eigenvalue weighted by Crippen LogP contribution is 2.29. The minimum atomic E-state index is -0.546. The summed E-state index contributed by atoms with van der Waals surface area (Å²) in [5.74, 6) is 0. The van der Waals surface area contributed by atoms with E-state index in [4.69, 9.17) is 14.2 Å². The van der Waals surface area contributed by atoms with Crippen molar-refractivity contribution in [3.05, 3.63) is 30.3 Å². The van der Waals surface area contributed by atoms with Crippen molar-refractivity contribution in [3.63, 3.8) is 0 Å². The van der Waals surface area contributed by atoms with E-state index in [-0.39, 0.29) is 36.9 Å². The van der Waals surface area contributed by atoms with Crippen LogP contribution in [0.5, 0.6) is 0 Å². The van der Waals surface area contributed by atoms with Crippen LogP contribution in [0.3, 0.4) is 0 Å². The lowest BCUT2D eigenvalue weighted by molar-refractivity contribution is 0.00871. The van der Waals surface area contributed by atoms with Crippen molar-refractivity contribution >= 4 is 17.8 Å². The Kier molecular flexibility index (Phi) is 5.97. The summed E-state index contributed by atoms with van der Waals surface area (Å²) in [7, 11) is 0. The van der Waals surface area contributed by atoms with Crippen LogP contribution in [-0.4, -0.2) is 55.7 Å². The highest BCUT2D eigenvalue weighted by atomic mass is 16.6. The predicted molar refractivity (Wildman–Crippen MR) is 102 cm³/mol. The number of rotatable bonds is 4. The highest BCUT2D eigenvalue weighted by molar-refractivity contribution is 5.84. The Balaban J connectivity index is 1.24. The molecule has 152 valence electrons. The van der Waals surface area contributed by atoms with E-state index in [1.165, 1.54) is 6.42 Å². The Bertz CT molecular complexity index is 680. The highest BCUT2D eigenvalue weighted by Gasteiger charge is 2.50. The van der Waals surface area contributed by atoms with Crippen LogP contribution in [0.2, 0.25) is 0 Å². The van der Waals surface area contributed by atoms with Crippen molar-refractivity contribution in [2.45, 2.75) is 62.5 Å². The van der Waals surface area contributed by atoms with Gasteiger partial charge in [0.25, 0.3) is 0 Å². The molecular formula is C20H27N3O5. The third-order valence-corrected chi connectivity index (χ3v) is 5.54. The van der Waals surface area contributed by atoms with E-state index in [0.29, 0.717) is 12.3 Å². The second-order valence-electron chi connectivity index (χ2n) is 7.59. The molecule has 8 heteroatoms. The molecule has 0 bridgehead atoms. The number of fused-ring (bicyclic) bond motifs is 1. The molecule has 0 aromatic heterocycles. The normalized spacial score (nSPS) is 29.7. The van der Waals surface area contributed by atoms with Gasteiger partial charge in [0, 0.05) is 11.7 Å². The molecule has 28 heavy (non-hydrogen) atoms. The zero-order valence-electron chi connectivity index (χ0n) is 15.8. The third-order valence-electron chi connectivity index (χ3n) is 5.54. The fourth-order valence-electron chi connectivity index (χ4n) is 4.14. The summed E-state index contributed by atoms with van der Waals surface area (Å²) in [6.45, 7) is 0.591. The van der Waals surface area contributed by atoms with Crippen LogP contribution in [0, 0.1) is 0 Å². The Labute approximate surface area is 164 Å². The van der Waals surface area contributed by atoms with Gasteiger partial charge in [0.1, 0.15) is 12.2 Å². The number of benzene rings is 1. The standard InChI is InChI=1S/C20H27N3O5/c24-19(21-13-7-3-1-4-8-13)23-15-11-26-18-16(12-27-17(15)18)28-20(25)22-14-9-5-2-6-10-14/h2,5-6,9-10,13,15-18H,1,3-4,7-8,11-12H2,(H,22,25)(H2,21,23,24)/t15-,16+,17+,18+/m0/s1. The molecular weight excluding hydrogens is 362 g/mol. The Morgan fingerprint density at radius 1 is 0.929 bits per heavy atom. The van der Waals surface area contributed by atoms with Crippen molar-refractivity contribution < 1.29 is 23.8 Å². The quantitative estimate of drug-likeness (QED) is 0.735. The molecule has 0 unspecified atom stereocenters. The lowest BCUT2D eigenvalue weighted by atomic mass is 9.96. The van der Waals surface area contributed by atoms with Crippen molar-refractivity contribution in [1.82, 2.24) is 10.6 Å². The molecule has 8 nitrogen and oxygen atoms in total. The molecule has 1 aliphatic carbocycles. The van der Waals surface area contributed by atoms with Crippen LogP contribution in [0.15, 0.2) is 30.3 Å². The fourth-order valence-corrected chi connectivity index (χ4v) is 4.14. The lowest BCUT2D eigenvalue weighted by Gasteiger charge is -2.24. The molecule has 2 heterocycles. The minimum absolute atomic E-state index is 0.184. The number of para-hydroxylation sites is 1. The van der Waals surface area contributed by atoms with Gasteiger partial charge >= 0.3 is 12.1 Å². The molecule has 3 fully saturated rings. The number of urea groups is 1. The van der Waals surface area contributed by atoms with E-state index < -0.39 is 12.2 Å². The summed E-state index contributed by atoms with van der Waals surface area (Å²) in [5.41, 5.74) is 0.661. The maximum absolute atomic E-state index is 12.3. The van der Waals surface area contributed by atoms with Gasteiger partial charge in [0.2, 0.25) is 0 Å². The molecule has 3 amide bonds. The molecule has 0 spiro atoms. The number of hydrogen-bond donors (Lipinski definition) is 3. The van der Waals surface area contributed by atoms with Gasteiger partial charge in [-0.1, -0.05) is 37.5 Å². The van der Waals surface area contributed by atoms with Gasteiger partial charge in [0.15, 0.2) is 6.10 Å². The first-order valence-corrected chi connectivity index (χ1v) is 10.0. The zero-order valence-corrected chi connectivity index (χ0v) is 15.8. The van der Waals surface area contributed by atoms with Crippen LogP contribution < -0.4 is 16.0 Å². The molecule has 0 radical (unpaired) electrons. The monoisotopic (exact) mass is 389 g/mol. The minimum Gasteiger partial charge on any atom is -0.441 e. The van der Waals surface area contributed by atoms with Crippen molar-refractivity contribution in [2.75, 3.05) is 18.5 Å².